The highest BCUT2D eigenvalue weighted by atomic mass is 19.1. The quantitative estimate of drug-likeness (QED) is 0.324. The van der Waals surface area contributed by atoms with Crippen molar-refractivity contribution in [1.82, 2.24) is 19.7 Å². The second-order valence-corrected chi connectivity index (χ2v) is 7.65. The Morgan fingerprint density at radius 1 is 0.882 bits per heavy atom. The van der Waals surface area contributed by atoms with Gasteiger partial charge in [-0.15, -0.1) is 0 Å². The van der Waals surface area contributed by atoms with Gasteiger partial charge < -0.3 is 16.0 Å². The molecule has 0 aliphatic carbocycles. The lowest BCUT2D eigenvalue weighted by Crippen LogP contribution is -2.19. The lowest BCUT2D eigenvalue weighted by atomic mass is 10.1. The molecule has 0 saturated carbocycles. The Morgan fingerprint density at radius 3 is 2.44 bits per heavy atom. The normalized spacial score (nSPS) is 10.8. The molecule has 0 atom stereocenters. The molecule has 2 amide bonds. The smallest absolute Gasteiger partial charge is 0.323 e. The number of amides is 2. The minimum atomic E-state index is -0.461. The van der Waals surface area contributed by atoms with Gasteiger partial charge in [-0.05, 0) is 60.2 Å². The molecule has 34 heavy (non-hydrogen) atoms. The number of hydrogen-bond donors (Lipinski definition) is 3. The molecule has 0 radical (unpaired) electrons. The first-order valence-electron chi connectivity index (χ1n) is 10.5. The second kappa shape index (κ2) is 8.99. The highest BCUT2D eigenvalue weighted by molar-refractivity contribution is 6.00. The molecule has 0 aliphatic rings. The van der Waals surface area contributed by atoms with Crippen molar-refractivity contribution in [2.75, 3.05) is 16.0 Å². The van der Waals surface area contributed by atoms with E-state index in [1.54, 1.807) is 22.9 Å². The van der Waals surface area contributed by atoms with Crippen LogP contribution in [0.3, 0.4) is 0 Å². The van der Waals surface area contributed by atoms with Gasteiger partial charge in [-0.25, -0.2) is 19.2 Å². The number of urea groups is 1. The van der Waals surface area contributed by atoms with Crippen LogP contribution in [0.5, 0.6) is 0 Å². The fourth-order valence-electron chi connectivity index (χ4n) is 3.54. The number of aromatic nitrogens is 4. The molecule has 0 bridgehead atoms. The molecule has 0 spiro atoms. The number of fused-ring (bicyclic) bond motifs is 1. The summed E-state index contributed by atoms with van der Waals surface area (Å²) in [6.07, 6.45) is 5.29. The van der Waals surface area contributed by atoms with Crippen molar-refractivity contribution in [2.24, 2.45) is 7.05 Å². The number of carbonyl (C=O) groups excluding carboxylic acids is 1. The summed E-state index contributed by atoms with van der Waals surface area (Å²) >= 11 is 0. The standard InChI is InChI=1S/C25H20FN7O/c1-33-14-17(13-29-33)16-5-10-22-23(11-16)27-15-28-24(22)30-19-6-8-20(9-7-19)31-25(34)32-21-4-2-3-18(26)12-21/h2-15H,1H3,(H,27,28,30)(H2,31,32,34). The molecule has 9 heteroatoms. The molecule has 2 aromatic heterocycles. The first kappa shape index (κ1) is 21.1. The summed E-state index contributed by atoms with van der Waals surface area (Å²) in [6, 6.07) is 18.4. The van der Waals surface area contributed by atoms with Crippen LogP contribution < -0.4 is 16.0 Å². The fourth-order valence-corrected chi connectivity index (χ4v) is 3.54. The number of hydrogen-bond acceptors (Lipinski definition) is 5. The van der Waals surface area contributed by atoms with E-state index in [1.807, 2.05) is 49.8 Å². The number of anilines is 4. The van der Waals surface area contributed by atoms with Crippen molar-refractivity contribution in [2.45, 2.75) is 0 Å². The van der Waals surface area contributed by atoms with E-state index >= 15 is 0 Å². The van der Waals surface area contributed by atoms with Crippen LogP contribution in [0.4, 0.5) is 32.1 Å². The molecule has 2 heterocycles. The number of halogens is 1. The third kappa shape index (κ3) is 4.68. The van der Waals surface area contributed by atoms with Crippen molar-refractivity contribution in [3.63, 3.8) is 0 Å². The van der Waals surface area contributed by atoms with Gasteiger partial charge in [0.15, 0.2) is 0 Å². The lowest BCUT2D eigenvalue weighted by Gasteiger charge is -2.11. The van der Waals surface area contributed by atoms with Gasteiger partial charge in [-0.1, -0.05) is 12.1 Å². The Balaban J connectivity index is 1.28. The van der Waals surface area contributed by atoms with E-state index in [-0.39, 0.29) is 0 Å². The van der Waals surface area contributed by atoms with Gasteiger partial charge in [0.25, 0.3) is 0 Å². The van der Waals surface area contributed by atoms with E-state index in [0.29, 0.717) is 17.2 Å². The first-order chi connectivity index (χ1) is 16.5. The molecular formula is C25H20FN7O. The number of aryl methyl sites for hydroxylation is 1. The van der Waals surface area contributed by atoms with Gasteiger partial charge in [0, 0.05) is 41.3 Å². The zero-order valence-electron chi connectivity index (χ0n) is 18.2. The van der Waals surface area contributed by atoms with Gasteiger partial charge in [0.05, 0.1) is 11.7 Å². The fraction of sp³-hybridized carbons (Fsp3) is 0.0400. The van der Waals surface area contributed by atoms with Crippen molar-refractivity contribution in [3.8, 4) is 11.1 Å². The van der Waals surface area contributed by atoms with Crippen LogP contribution >= 0.6 is 0 Å². The molecule has 5 rings (SSSR count). The van der Waals surface area contributed by atoms with Crippen LogP contribution in [-0.4, -0.2) is 25.8 Å². The van der Waals surface area contributed by atoms with Crippen molar-refractivity contribution < 1.29 is 9.18 Å². The lowest BCUT2D eigenvalue weighted by molar-refractivity contribution is 0.262. The van der Waals surface area contributed by atoms with Crippen LogP contribution in [0.1, 0.15) is 0 Å². The molecule has 0 unspecified atom stereocenters. The Morgan fingerprint density at radius 2 is 1.68 bits per heavy atom. The van der Waals surface area contributed by atoms with Crippen molar-refractivity contribution in [3.05, 3.63) is 91.3 Å². The monoisotopic (exact) mass is 453 g/mol. The molecule has 5 aromatic rings. The molecule has 0 saturated heterocycles. The Kier molecular flexibility index (Phi) is 5.57. The third-order valence-corrected chi connectivity index (χ3v) is 5.16. The maximum atomic E-state index is 13.3. The summed E-state index contributed by atoms with van der Waals surface area (Å²) in [5.41, 5.74) is 4.61. The van der Waals surface area contributed by atoms with Gasteiger partial charge >= 0.3 is 6.03 Å². The summed E-state index contributed by atoms with van der Waals surface area (Å²) in [7, 11) is 1.88. The molecule has 8 nitrogen and oxygen atoms in total. The van der Waals surface area contributed by atoms with E-state index in [0.717, 1.165) is 27.7 Å². The highest BCUT2D eigenvalue weighted by Gasteiger charge is 2.08. The third-order valence-electron chi connectivity index (χ3n) is 5.16. The minimum Gasteiger partial charge on any atom is -0.340 e. The minimum absolute atomic E-state index is 0.373. The Hall–Kier alpha value is -4.79. The van der Waals surface area contributed by atoms with E-state index in [2.05, 4.69) is 31.0 Å². The van der Waals surface area contributed by atoms with Gasteiger partial charge in [-0.3, -0.25) is 4.68 Å². The predicted molar refractivity (Wildman–Crippen MR) is 131 cm³/mol. The van der Waals surface area contributed by atoms with Crippen LogP contribution in [0, 0.1) is 5.82 Å². The van der Waals surface area contributed by atoms with E-state index < -0.39 is 11.8 Å². The second-order valence-electron chi connectivity index (χ2n) is 7.65. The largest absolute Gasteiger partial charge is 0.340 e. The Bertz CT molecular complexity index is 1480. The summed E-state index contributed by atoms with van der Waals surface area (Å²) in [4.78, 5) is 21.0. The maximum Gasteiger partial charge on any atom is 0.323 e. The summed E-state index contributed by atoms with van der Waals surface area (Å²) in [5, 5.41) is 13.7. The van der Waals surface area contributed by atoms with E-state index in [9.17, 15) is 9.18 Å². The van der Waals surface area contributed by atoms with Gasteiger partial charge in [0.1, 0.15) is 18.0 Å². The number of rotatable bonds is 5. The van der Waals surface area contributed by atoms with Gasteiger partial charge in [0.2, 0.25) is 0 Å². The zero-order valence-corrected chi connectivity index (χ0v) is 18.2. The molecule has 168 valence electrons. The average Bonchev–Trinajstić information content (AvgIpc) is 3.26. The van der Waals surface area contributed by atoms with Crippen LogP contribution in [0.2, 0.25) is 0 Å². The summed E-state index contributed by atoms with van der Waals surface area (Å²) in [5.74, 6) is 0.256. The SMILES string of the molecule is Cn1cc(-c2ccc3c(Nc4ccc(NC(=O)Nc5cccc(F)c5)cc4)ncnc3c2)cn1. The summed E-state index contributed by atoms with van der Waals surface area (Å²) in [6.45, 7) is 0. The zero-order chi connectivity index (χ0) is 23.5. The van der Waals surface area contributed by atoms with E-state index in [4.69, 9.17) is 0 Å². The molecule has 3 aromatic carbocycles. The number of nitrogens with one attached hydrogen (secondary N) is 3. The van der Waals surface area contributed by atoms with Crippen molar-refractivity contribution in [1.29, 1.82) is 0 Å². The number of carbonyl (C=O) groups is 1. The van der Waals surface area contributed by atoms with Crippen LogP contribution in [-0.2, 0) is 7.05 Å². The number of nitrogens with zero attached hydrogens (tertiary/aromatic N) is 4. The summed E-state index contributed by atoms with van der Waals surface area (Å²) < 4.78 is 15.0. The molecule has 3 N–H and O–H groups in total. The van der Waals surface area contributed by atoms with Crippen LogP contribution in [0.25, 0.3) is 22.0 Å². The topological polar surface area (TPSA) is 96.8 Å². The predicted octanol–water partition coefficient (Wildman–Crippen LogP) is 5.56. The van der Waals surface area contributed by atoms with E-state index in [1.165, 1.54) is 24.5 Å². The highest BCUT2D eigenvalue weighted by Crippen LogP contribution is 2.28. The molecule has 0 aliphatic heterocycles. The van der Waals surface area contributed by atoms with Crippen molar-refractivity contribution >= 4 is 39.8 Å². The molecule has 0 fully saturated rings. The van der Waals surface area contributed by atoms with Gasteiger partial charge in [-0.2, -0.15) is 5.10 Å². The van der Waals surface area contributed by atoms with Crippen LogP contribution in [0.15, 0.2) is 85.5 Å². The molecular weight excluding hydrogens is 433 g/mol. The first-order valence-corrected chi connectivity index (χ1v) is 10.5. The number of benzene rings is 3. The maximum absolute atomic E-state index is 13.3. The average molecular weight is 453 g/mol. The Labute approximate surface area is 194 Å².